The molecule has 0 radical (unpaired) electrons. The third kappa shape index (κ3) is 4.45. The van der Waals surface area contributed by atoms with Crippen molar-refractivity contribution in [1.82, 2.24) is 10.3 Å². The van der Waals surface area contributed by atoms with Crippen molar-refractivity contribution in [2.75, 3.05) is 0 Å². The molecule has 7 nitrogen and oxygen atoms in total. The standard InChI is InChI=1S/C25H31N3O4S/c1-14(29)26-24(33)28(15(2)30)27-23-10-9-22-21-7-5-17-13-18(32-16(3)31)6-8-19(17)20(21)11-12-25(22,23)4/h6,8,13,20-22H,5,7,9-12H2,1-4H3,(H,26,29,33)/b27-23+. The molecule has 0 bridgehead atoms. The molecule has 4 unspecified atom stereocenters. The van der Waals surface area contributed by atoms with Crippen molar-refractivity contribution < 1.29 is 19.1 Å². The number of hydrogen-bond acceptors (Lipinski definition) is 6. The van der Waals surface area contributed by atoms with E-state index in [4.69, 9.17) is 22.1 Å². The van der Waals surface area contributed by atoms with Crippen molar-refractivity contribution in [2.45, 2.75) is 72.1 Å². The molecule has 0 aromatic heterocycles. The summed E-state index contributed by atoms with van der Waals surface area (Å²) in [5.74, 6) is 1.22. The van der Waals surface area contributed by atoms with Crippen LogP contribution in [0.2, 0.25) is 0 Å². The fourth-order valence-corrected chi connectivity index (χ4v) is 6.64. The van der Waals surface area contributed by atoms with Gasteiger partial charge in [0, 0.05) is 31.9 Å². The number of fused-ring (bicyclic) bond motifs is 5. The number of benzene rings is 1. The number of amides is 2. The molecule has 2 fully saturated rings. The van der Waals surface area contributed by atoms with Gasteiger partial charge in [-0.3, -0.25) is 14.4 Å². The van der Waals surface area contributed by atoms with Crippen LogP contribution in [0.25, 0.3) is 0 Å². The summed E-state index contributed by atoms with van der Waals surface area (Å²) >= 11 is 5.25. The summed E-state index contributed by atoms with van der Waals surface area (Å²) in [5, 5.41) is 8.41. The third-order valence-electron chi connectivity index (χ3n) is 7.69. The van der Waals surface area contributed by atoms with Gasteiger partial charge in [-0.15, -0.1) is 0 Å². The van der Waals surface area contributed by atoms with Gasteiger partial charge in [0.25, 0.3) is 0 Å². The summed E-state index contributed by atoms with van der Waals surface area (Å²) in [5.41, 5.74) is 3.58. The van der Waals surface area contributed by atoms with Gasteiger partial charge >= 0.3 is 5.97 Å². The van der Waals surface area contributed by atoms with Crippen LogP contribution in [0, 0.1) is 17.3 Å². The fraction of sp³-hybridized carbons (Fsp3) is 0.560. The first kappa shape index (κ1) is 23.5. The Morgan fingerprint density at radius 2 is 1.91 bits per heavy atom. The molecule has 2 amide bonds. The molecule has 0 saturated heterocycles. The first-order chi connectivity index (χ1) is 15.6. The number of carbonyl (C=O) groups excluding carboxylic acids is 3. The Kier molecular flexibility index (Phi) is 6.40. The third-order valence-corrected chi connectivity index (χ3v) is 7.97. The van der Waals surface area contributed by atoms with Crippen molar-refractivity contribution in [2.24, 2.45) is 22.4 Å². The quantitative estimate of drug-likeness (QED) is 0.305. The van der Waals surface area contributed by atoms with E-state index in [1.165, 1.54) is 36.9 Å². The SMILES string of the molecule is CC(=O)NC(=S)N(/N=C1\CCC2C3CCc4cc(OC(C)=O)ccc4C3CCC12C)C(C)=O. The summed E-state index contributed by atoms with van der Waals surface area (Å²) in [6, 6.07) is 6.07. The molecule has 33 heavy (non-hydrogen) atoms. The van der Waals surface area contributed by atoms with Crippen LogP contribution in [-0.2, 0) is 20.8 Å². The highest BCUT2D eigenvalue weighted by molar-refractivity contribution is 7.80. The average Bonchev–Trinajstić information content (AvgIpc) is 3.06. The van der Waals surface area contributed by atoms with Gasteiger partial charge in [-0.2, -0.15) is 10.1 Å². The average molecular weight is 470 g/mol. The zero-order valence-corrected chi connectivity index (χ0v) is 20.5. The van der Waals surface area contributed by atoms with Crippen LogP contribution in [0.3, 0.4) is 0 Å². The van der Waals surface area contributed by atoms with Crippen LogP contribution in [0.5, 0.6) is 5.75 Å². The fourth-order valence-electron chi connectivity index (χ4n) is 6.32. The number of aryl methyl sites for hydroxylation is 1. The minimum Gasteiger partial charge on any atom is -0.427 e. The van der Waals surface area contributed by atoms with E-state index in [9.17, 15) is 14.4 Å². The van der Waals surface area contributed by atoms with Gasteiger partial charge < -0.3 is 10.1 Å². The second-order valence-electron chi connectivity index (χ2n) is 9.73. The molecule has 176 valence electrons. The first-order valence-electron chi connectivity index (χ1n) is 11.6. The zero-order chi connectivity index (χ0) is 23.9. The summed E-state index contributed by atoms with van der Waals surface area (Å²) in [7, 11) is 0. The highest BCUT2D eigenvalue weighted by atomic mass is 32.1. The molecular weight excluding hydrogens is 438 g/mol. The van der Waals surface area contributed by atoms with E-state index in [1.54, 1.807) is 0 Å². The maximum Gasteiger partial charge on any atom is 0.308 e. The molecule has 0 spiro atoms. The van der Waals surface area contributed by atoms with Gasteiger partial charge in [-0.25, -0.2) is 0 Å². The van der Waals surface area contributed by atoms with Crippen LogP contribution in [0.1, 0.15) is 76.8 Å². The largest absolute Gasteiger partial charge is 0.427 e. The highest BCUT2D eigenvalue weighted by Gasteiger charge is 2.53. The number of carbonyl (C=O) groups is 3. The molecule has 3 aliphatic rings. The maximum atomic E-state index is 12.2. The number of ether oxygens (including phenoxy) is 1. The van der Waals surface area contributed by atoms with E-state index in [0.29, 0.717) is 23.5 Å². The number of rotatable bonds is 2. The Morgan fingerprint density at radius 1 is 1.15 bits per heavy atom. The normalized spacial score (nSPS) is 28.8. The van der Waals surface area contributed by atoms with Gasteiger partial charge in [-0.1, -0.05) is 13.0 Å². The van der Waals surface area contributed by atoms with E-state index in [-0.39, 0.29) is 28.3 Å². The van der Waals surface area contributed by atoms with E-state index in [2.05, 4.69) is 18.3 Å². The van der Waals surface area contributed by atoms with E-state index >= 15 is 0 Å². The summed E-state index contributed by atoms with van der Waals surface area (Å²) in [4.78, 5) is 35.0. The maximum absolute atomic E-state index is 12.2. The van der Waals surface area contributed by atoms with Crippen LogP contribution >= 0.6 is 12.2 Å². The van der Waals surface area contributed by atoms with Crippen molar-refractivity contribution in [3.8, 4) is 5.75 Å². The molecule has 3 aliphatic carbocycles. The summed E-state index contributed by atoms with van der Waals surface area (Å²) in [6.07, 6.45) is 5.96. The predicted octanol–water partition coefficient (Wildman–Crippen LogP) is 4.09. The summed E-state index contributed by atoms with van der Waals surface area (Å²) < 4.78 is 5.29. The lowest BCUT2D eigenvalue weighted by atomic mass is 9.55. The number of nitrogens with zero attached hydrogens (tertiary/aromatic N) is 2. The minimum atomic E-state index is -0.319. The lowest BCUT2D eigenvalue weighted by Gasteiger charge is -2.49. The monoisotopic (exact) mass is 469 g/mol. The Labute approximate surface area is 199 Å². The van der Waals surface area contributed by atoms with E-state index in [1.807, 2.05) is 12.1 Å². The lowest BCUT2D eigenvalue weighted by molar-refractivity contribution is -0.132. The van der Waals surface area contributed by atoms with Crippen molar-refractivity contribution in [1.29, 1.82) is 0 Å². The Hall–Kier alpha value is -2.61. The van der Waals surface area contributed by atoms with Crippen LogP contribution in [-0.4, -0.2) is 33.6 Å². The minimum absolute atomic E-state index is 0.0263. The Morgan fingerprint density at radius 3 is 2.58 bits per heavy atom. The molecule has 8 heteroatoms. The summed E-state index contributed by atoms with van der Waals surface area (Å²) in [6.45, 7) is 6.47. The Balaban J connectivity index is 1.58. The molecule has 1 aromatic rings. The molecule has 2 saturated carbocycles. The van der Waals surface area contributed by atoms with Crippen molar-refractivity contribution in [3.63, 3.8) is 0 Å². The molecule has 4 rings (SSSR count). The van der Waals surface area contributed by atoms with Gasteiger partial charge in [0.2, 0.25) is 16.9 Å². The number of thiocarbonyl (C=S) groups is 1. The van der Waals surface area contributed by atoms with Crippen LogP contribution in [0.15, 0.2) is 23.3 Å². The van der Waals surface area contributed by atoms with Gasteiger partial charge in [0.1, 0.15) is 5.75 Å². The van der Waals surface area contributed by atoms with E-state index < -0.39 is 0 Å². The second kappa shape index (κ2) is 8.97. The molecule has 0 heterocycles. The number of hydrazone groups is 1. The van der Waals surface area contributed by atoms with Crippen LogP contribution in [0.4, 0.5) is 0 Å². The predicted molar refractivity (Wildman–Crippen MR) is 129 cm³/mol. The first-order valence-corrected chi connectivity index (χ1v) is 12.0. The lowest BCUT2D eigenvalue weighted by Crippen LogP contribution is -2.45. The molecular formula is C25H31N3O4S. The van der Waals surface area contributed by atoms with Gasteiger partial charge in [-0.05, 0) is 91.8 Å². The number of nitrogens with one attached hydrogen (secondary N) is 1. The van der Waals surface area contributed by atoms with Crippen molar-refractivity contribution in [3.05, 3.63) is 29.3 Å². The number of hydrogen-bond donors (Lipinski definition) is 1. The van der Waals surface area contributed by atoms with Gasteiger partial charge in [0.05, 0.1) is 0 Å². The van der Waals surface area contributed by atoms with E-state index in [0.717, 1.165) is 44.2 Å². The highest BCUT2D eigenvalue weighted by Crippen LogP contribution is 2.60. The second-order valence-corrected chi connectivity index (χ2v) is 10.1. The van der Waals surface area contributed by atoms with Crippen LogP contribution < -0.4 is 10.1 Å². The van der Waals surface area contributed by atoms with Crippen molar-refractivity contribution >= 4 is 40.8 Å². The van der Waals surface area contributed by atoms with Gasteiger partial charge in [0.15, 0.2) is 0 Å². The smallest absolute Gasteiger partial charge is 0.308 e. The molecule has 1 aromatic carbocycles. The molecule has 1 N–H and O–H groups in total. The molecule has 0 aliphatic heterocycles. The number of esters is 1. The molecule has 4 atom stereocenters. The topological polar surface area (TPSA) is 88.1 Å². The zero-order valence-electron chi connectivity index (χ0n) is 19.6. The Bertz CT molecular complexity index is 1050.